The lowest BCUT2D eigenvalue weighted by molar-refractivity contribution is 0.0954. The summed E-state index contributed by atoms with van der Waals surface area (Å²) in [5.41, 5.74) is 1.72. The van der Waals surface area contributed by atoms with Crippen molar-refractivity contribution in [2.75, 3.05) is 6.54 Å². The van der Waals surface area contributed by atoms with Crippen molar-refractivity contribution >= 4 is 17.2 Å². The number of halogens is 1. The number of benzene rings is 2. The molecule has 1 heterocycles. The molecule has 122 valence electrons. The first-order valence-corrected chi connectivity index (χ1v) is 8.53. The molecule has 2 aromatic carbocycles. The zero-order valence-electron chi connectivity index (χ0n) is 13.0. The maximum atomic E-state index is 12.8. The van der Waals surface area contributed by atoms with E-state index in [4.69, 9.17) is 0 Å². The average Bonchev–Trinajstić information content (AvgIpc) is 3.03. The van der Waals surface area contributed by atoms with E-state index >= 15 is 0 Å². The van der Waals surface area contributed by atoms with Crippen LogP contribution in [0.3, 0.4) is 0 Å². The molecule has 0 aliphatic carbocycles. The minimum atomic E-state index is -0.347. The molecule has 3 rings (SSSR count). The quantitative estimate of drug-likeness (QED) is 0.741. The van der Waals surface area contributed by atoms with Gasteiger partial charge in [0.25, 0.3) is 5.91 Å². The molecule has 0 unspecified atom stereocenters. The van der Waals surface area contributed by atoms with Crippen molar-refractivity contribution in [2.24, 2.45) is 0 Å². The Morgan fingerprint density at radius 2 is 1.83 bits per heavy atom. The second-order valence-corrected chi connectivity index (χ2v) is 6.60. The van der Waals surface area contributed by atoms with E-state index in [9.17, 15) is 9.18 Å². The molecule has 1 aromatic heterocycles. The standard InChI is InChI=1S/C19H17FN2OS/c20-16-8-6-15(7-9-16)19(23)21-11-10-18-22-13-17(24-18)12-14-4-2-1-3-5-14/h1-9,13H,10-12H2,(H,21,23). The molecule has 0 bridgehead atoms. The van der Waals surface area contributed by atoms with E-state index in [1.807, 2.05) is 24.4 Å². The van der Waals surface area contributed by atoms with Crippen molar-refractivity contribution in [3.05, 3.63) is 87.6 Å². The van der Waals surface area contributed by atoms with Gasteiger partial charge in [-0.25, -0.2) is 9.37 Å². The smallest absolute Gasteiger partial charge is 0.251 e. The summed E-state index contributed by atoms with van der Waals surface area (Å²) in [5.74, 6) is -0.545. The predicted molar refractivity (Wildman–Crippen MR) is 93.8 cm³/mol. The van der Waals surface area contributed by atoms with Crippen molar-refractivity contribution in [3.8, 4) is 0 Å². The van der Waals surface area contributed by atoms with E-state index in [0.717, 1.165) is 11.4 Å². The summed E-state index contributed by atoms with van der Waals surface area (Å²) in [6.07, 6.45) is 3.46. The molecule has 1 amide bonds. The third-order valence-electron chi connectivity index (χ3n) is 3.55. The minimum Gasteiger partial charge on any atom is -0.352 e. The molecular formula is C19H17FN2OS. The van der Waals surface area contributed by atoms with Crippen LogP contribution in [0, 0.1) is 5.82 Å². The number of hydrogen-bond donors (Lipinski definition) is 1. The normalized spacial score (nSPS) is 10.5. The van der Waals surface area contributed by atoms with E-state index in [-0.39, 0.29) is 11.7 Å². The van der Waals surface area contributed by atoms with Crippen LogP contribution in [0.2, 0.25) is 0 Å². The van der Waals surface area contributed by atoms with Gasteiger partial charge < -0.3 is 5.32 Å². The maximum Gasteiger partial charge on any atom is 0.251 e. The first-order chi connectivity index (χ1) is 11.7. The fourth-order valence-corrected chi connectivity index (χ4v) is 3.29. The Kier molecular flexibility index (Phi) is 5.33. The summed E-state index contributed by atoms with van der Waals surface area (Å²) in [5, 5.41) is 3.83. The number of nitrogens with one attached hydrogen (secondary N) is 1. The van der Waals surface area contributed by atoms with E-state index < -0.39 is 0 Å². The maximum absolute atomic E-state index is 12.8. The summed E-state index contributed by atoms with van der Waals surface area (Å²) in [6.45, 7) is 0.508. The van der Waals surface area contributed by atoms with Crippen molar-refractivity contribution in [1.29, 1.82) is 0 Å². The number of carbonyl (C=O) groups excluding carboxylic acids is 1. The largest absolute Gasteiger partial charge is 0.352 e. The SMILES string of the molecule is O=C(NCCc1ncc(Cc2ccccc2)s1)c1ccc(F)cc1. The van der Waals surface area contributed by atoms with Crippen molar-refractivity contribution < 1.29 is 9.18 Å². The molecule has 5 heteroatoms. The summed E-state index contributed by atoms with van der Waals surface area (Å²) in [4.78, 5) is 17.6. The molecular weight excluding hydrogens is 323 g/mol. The van der Waals surface area contributed by atoms with Crippen LogP contribution in [-0.4, -0.2) is 17.4 Å². The molecule has 0 radical (unpaired) electrons. The predicted octanol–water partition coefficient (Wildman–Crippen LogP) is 3.85. The topological polar surface area (TPSA) is 42.0 Å². The number of aromatic nitrogens is 1. The molecule has 3 nitrogen and oxygen atoms in total. The monoisotopic (exact) mass is 340 g/mol. The summed E-state index contributed by atoms with van der Waals surface area (Å²) in [6, 6.07) is 15.8. The Morgan fingerprint density at radius 3 is 2.58 bits per heavy atom. The summed E-state index contributed by atoms with van der Waals surface area (Å²) < 4.78 is 12.8. The fourth-order valence-electron chi connectivity index (χ4n) is 2.33. The van der Waals surface area contributed by atoms with Gasteiger partial charge >= 0.3 is 0 Å². The first-order valence-electron chi connectivity index (χ1n) is 7.72. The highest BCUT2D eigenvalue weighted by Gasteiger charge is 2.07. The number of nitrogens with zero attached hydrogens (tertiary/aromatic N) is 1. The molecule has 0 aliphatic rings. The molecule has 1 N–H and O–H groups in total. The number of thiazole rings is 1. The lowest BCUT2D eigenvalue weighted by atomic mass is 10.1. The van der Waals surface area contributed by atoms with E-state index in [1.54, 1.807) is 11.3 Å². The van der Waals surface area contributed by atoms with E-state index in [2.05, 4.69) is 22.4 Å². The molecule has 3 aromatic rings. The highest BCUT2D eigenvalue weighted by atomic mass is 32.1. The molecule has 0 atom stereocenters. The van der Waals surface area contributed by atoms with E-state index in [1.165, 1.54) is 34.7 Å². The van der Waals surface area contributed by atoms with Crippen LogP contribution >= 0.6 is 11.3 Å². The zero-order valence-corrected chi connectivity index (χ0v) is 13.9. The van der Waals surface area contributed by atoms with Gasteiger partial charge in [0.2, 0.25) is 0 Å². The summed E-state index contributed by atoms with van der Waals surface area (Å²) in [7, 11) is 0. The third kappa shape index (κ3) is 4.49. The molecule has 0 saturated heterocycles. The van der Waals surface area contributed by atoms with E-state index in [0.29, 0.717) is 18.5 Å². The van der Waals surface area contributed by atoms with Gasteiger partial charge in [0.1, 0.15) is 5.82 Å². The number of hydrogen-bond acceptors (Lipinski definition) is 3. The highest BCUT2D eigenvalue weighted by molar-refractivity contribution is 7.11. The van der Waals surface area contributed by atoms with Gasteiger partial charge in [-0.1, -0.05) is 30.3 Å². The second-order valence-electron chi connectivity index (χ2n) is 5.40. The van der Waals surface area contributed by atoms with Crippen LogP contribution in [0.15, 0.2) is 60.8 Å². The Hall–Kier alpha value is -2.53. The second kappa shape index (κ2) is 7.84. The third-order valence-corrected chi connectivity index (χ3v) is 4.61. The van der Waals surface area contributed by atoms with Crippen LogP contribution in [0.5, 0.6) is 0 Å². The lowest BCUT2D eigenvalue weighted by Gasteiger charge is -2.03. The van der Waals surface area contributed by atoms with Crippen LogP contribution < -0.4 is 5.32 Å². The van der Waals surface area contributed by atoms with Gasteiger partial charge in [-0.05, 0) is 29.8 Å². The molecule has 0 saturated carbocycles. The van der Waals surface area contributed by atoms with Crippen molar-refractivity contribution in [1.82, 2.24) is 10.3 Å². The van der Waals surface area contributed by atoms with Gasteiger partial charge in [-0.3, -0.25) is 4.79 Å². The van der Waals surface area contributed by atoms with Gasteiger partial charge in [-0.15, -0.1) is 11.3 Å². The number of carbonyl (C=O) groups is 1. The summed E-state index contributed by atoms with van der Waals surface area (Å²) >= 11 is 1.67. The number of rotatable bonds is 6. The molecule has 0 aliphatic heterocycles. The van der Waals surface area contributed by atoms with Crippen LogP contribution in [0.1, 0.15) is 25.8 Å². The lowest BCUT2D eigenvalue weighted by Crippen LogP contribution is -2.25. The highest BCUT2D eigenvalue weighted by Crippen LogP contribution is 2.17. The Labute approximate surface area is 144 Å². The van der Waals surface area contributed by atoms with Gasteiger partial charge in [0.15, 0.2) is 0 Å². The van der Waals surface area contributed by atoms with Crippen LogP contribution in [-0.2, 0) is 12.8 Å². The Balaban J connectivity index is 1.49. The van der Waals surface area contributed by atoms with Gasteiger partial charge in [0, 0.05) is 36.0 Å². The minimum absolute atomic E-state index is 0.198. The molecule has 24 heavy (non-hydrogen) atoms. The number of amides is 1. The fraction of sp³-hybridized carbons (Fsp3) is 0.158. The van der Waals surface area contributed by atoms with Crippen LogP contribution in [0.4, 0.5) is 4.39 Å². The molecule has 0 fully saturated rings. The van der Waals surface area contributed by atoms with Crippen LogP contribution in [0.25, 0.3) is 0 Å². The average molecular weight is 340 g/mol. The zero-order chi connectivity index (χ0) is 16.8. The molecule has 0 spiro atoms. The Bertz CT molecular complexity index is 800. The van der Waals surface area contributed by atoms with Gasteiger partial charge in [0.05, 0.1) is 5.01 Å². The van der Waals surface area contributed by atoms with Crippen molar-refractivity contribution in [2.45, 2.75) is 12.8 Å². The Morgan fingerprint density at radius 1 is 1.08 bits per heavy atom. The van der Waals surface area contributed by atoms with Crippen molar-refractivity contribution in [3.63, 3.8) is 0 Å². The van der Waals surface area contributed by atoms with Gasteiger partial charge in [-0.2, -0.15) is 0 Å². The first kappa shape index (κ1) is 16.3.